The second-order valence-electron chi connectivity index (χ2n) is 6.66. The van der Waals surface area contributed by atoms with E-state index in [4.69, 9.17) is 4.99 Å². The van der Waals surface area contributed by atoms with Crippen LogP contribution in [-0.4, -0.2) is 40.3 Å². The predicted molar refractivity (Wildman–Crippen MR) is 87.3 cm³/mol. The second-order valence-corrected chi connectivity index (χ2v) is 10.1. The first kappa shape index (κ1) is 18.1. The molecular formula is C15H33N2P. The molecule has 0 aliphatic rings. The van der Waals surface area contributed by atoms with E-state index in [-0.39, 0.29) is 18.8 Å². The van der Waals surface area contributed by atoms with Crippen molar-refractivity contribution in [2.45, 2.75) is 78.7 Å². The van der Waals surface area contributed by atoms with Gasteiger partial charge in [-0.25, -0.2) is 0 Å². The first-order valence-electron chi connectivity index (χ1n) is 7.15. The van der Waals surface area contributed by atoms with Crippen LogP contribution in [0.2, 0.25) is 0 Å². The van der Waals surface area contributed by atoms with Crippen LogP contribution in [0, 0.1) is 0 Å². The topological polar surface area (TPSA) is 15.6 Å². The summed E-state index contributed by atoms with van der Waals surface area (Å²) in [4.78, 5) is 4.75. The monoisotopic (exact) mass is 272 g/mol. The molecule has 108 valence electrons. The smallest absolute Gasteiger partial charge is 0.0520 e. The Morgan fingerprint density at radius 2 is 1.50 bits per heavy atom. The van der Waals surface area contributed by atoms with Gasteiger partial charge in [0.25, 0.3) is 0 Å². The van der Waals surface area contributed by atoms with Gasteiger partial charge in [0.2, 0.25) is 0 Å². The van der Waals surface area contributed by atoms with E-state index in [2.05, 4.69) is 73.2 Å². The fraction of sp³-hybridized carbons (Fsp3) is 0.933. The van der Waals surface area contributed by atoms with Gasteiger partial charge < -0.3 is 0 Å². The first-order valence-corrected chi connectivity index (χ1v) is 8.52. The quantitative estimate of drug-likeness (QED) is 0.502. The maximum absolute atomic E-state index is 4.75. The summed E-state index contributed by atoms with van der Waals surface area (Å²) in [6.45, 7) is 22.6. The van der Waals surface area contributed by atoms with E-state index >= 15 is 0 Å². The van der Waals surface area contributed by atoms with E-state index in [1.54, 1.807) is 0 Å². The fourth-order valence-electron chi connectivity index (χ4n) is 2.30. The largest absolute Gasteiger partial charge is 0.291 e. The summed E-state index contributed by atoms with van der Waals surface area (Å²) in [7, 11) is -0.196. The van der Waals surface area contributed by atoms with Crippen LogP contribution >= 0.6 is 8.07 Å². The zero-order chi connectivity index (χ0) is 14.6. The lowest BCUT2D eigenvalue weighted by molar-refractivity contribution is 0.491. The second kappa shape index (κ2) is 7.01. The summed E-state index contributed by atoms with van der Waals surface area (Å²) in [5.41, 5.74) is 0.722. The van der Waals surface area contributed by atoms with Crippen molar-refractivity contribution in [1.82, 2.24) is 4.67 Å². The Morgan fingerprint density at radius 3 is 1.78 bits per heavy atom. The molecule has 0 bridgehead atoms. The standard InChI is InChI=1S/C15H33N2P/c1-10-17(11-2)18(13(3)4)15(8,9)12-16-14(5,6)7/h12-13H,10-11H2,1-9H3. The summed E-state index contributed by atoms with van der Waals surface area (Å²) in [5.74, 6) is 0. The molecule has 1 unspecified atom stereocenters. The third-order valence-corrected chi connectivity index (χ3v) is 6.33. The molecular weight excluding hydrogens is 239 g/mol. The Balaban J connectivity index is 5.15. The highest BCUT2D eigenvalue weighted by atomic mass is 31.1. The van der Waals surface area contributed by atoms with Gasteiger partial charge in [-0.15, -0.1) is 0 Å². The molecule has 0 saturated heterocycles. The molecule has 3 heteroatoms. The summed E-state index contributed by atoms with van der Waals surface area (Å²) in [5, 5.41) is 0.169. The van der Waals surface area contributed by atoms with E-state index in [1.165, 1.54) is 0 Å². The number of aliphatic imine (C=N–C) groups is 1. The predicted octanol–water partition coefficient (Wildman–Crippen LogP) is 4.78. The number of hydrogen-bond donors (Lipinski definition) is 0. The van der Waals surface area contributed by atoms with Gasteiger partial charge in [0.15, 0.2) is 0 Å². The van der Waals surface area contributed by atoms with Crippen molar-refractivity contribution in [2.75, 3.05) is 13.1 Å². The zero-order valence-electron chi connectivity index (χ0n) is 13.9. The molecule has 0 saturated carbocycles. The summed E-state index contributed by atoms with van der Waals surface area (Å²) in [6, 6.07) is 0. The number of nitrogens with zero attached hydrogens (tertiary/aromatic N) is 2. The Labute approximate surface area is 116 Å². The van der Waals surface area contributed by atoms with Gasteiger partial charge in [0.1, 0.15) is 0 Å². The third kappa shape index (κ3) is 5.80. The maximum atomic E-state index is 4.75. The molecule has 0 aliphatic carbocycles. The molecule has 0 N–H and O–H groups in total. The fourth-order valence-corrected chi connectivity index (χ4v) is 5.79. The van der Waals surface area contributed by atoms with Crippen molar-refractivity contribution in [2.24, 2.45) is 4.99 Å². The summed E-state index contributed by atoms with van der Waals surface area (Å²) < 4.78 is 2.62. The SMILES string of the molecule is CCN(CC)P(C(C)C)C(C)(C)C=NC(C)(C)C. The van der Waals surface area contributed by atoms with Gasteiger partial charge >= 0.3 is 0 Å². The van der Waals surface area contributed by atoms with Crippen LogP contribution in [0.1, 0.15) is 62.3 Å². The van der Waals surface area contributed by atoms with Crippen LogP contribution in [0.5, 0.6) is 0 Å². The molecule has 0 fully saturated rings. The zero-order valence-corrected chi connectivity index (χ0v) is 14.8. The maximum Gasteiger partial charge on any atom is 0.0520 e. The highest BCUT2D eigenvalue weighted by Crippen LogP contribution is 2.55. The van der Waals surface area contributed by atoms with Gasteiger partial charge in [0, 0.05) is 11.4 Å². The molecule has 0 rings (SSSR count). The third-order valence-electron chi connectivity index (χ3n) is 2.88. The molecule has 1 atom stereocenters. The highest BCUT2D eigenvalue weighted by molar-refractivity contribution is 7.58. The lowest BCUT2D eigenvalue weighted by atomic mass is 10.1. The van der Waals surface area contributed by atoms with Gasteiger partial charge in [-0.1, -0.05) is 27.7 Å². The van der Waals surface area contributed by atoms with E-state index < -0.39 is 0 Å². The van der Waals surface area contributed by atoms with Gasteiger partial charge in [-0.3, -0.25) is 9.66 Å². The number of hydrogen-bond acceptors (Lipinski definition) is 2. The Hall–Kier alpha value is 0.0600. The van der Waals surface area contributed by atoms with Crippen LogP contribution in [0.4, 0.5) is 0 Å². The molecule has 0 radical (unpaired) electrons. The molecule has 0 aliphatic heterocycles. The van der Waals surface area contributed by atoms with Crippen LogP contribution in [0.15, 0.2) is 4.99 Å². The van der Waals surface area contributed by atoms with Crippen LogP contribution in [0.3, 0.4) is 0 Å². The van der Waals surface area contributed by atoms with Crippen molar-refractivity contribution in [1.29, 1.82) is 0 Å². The Bertz CT molecular complexity index is 260. The normalized spacial score (nSPS) is 15.9. The lowest BCUT2D eigenvalue weighted by Crippen LogP contribution is -2.34. The highest BCUT2D eigenvalue weighted by Gasteiger charge is 2.34. The van der Waals surface area contributed by atoms with Crippen molar-refractivity contribution < 1.29 is 0 Å². The molecule has 0 spiro atoms. The summed E-state index contributed by atoms with van der Waals surface area (Å²) >= 11 is 0. The van der Waals surface area contributed by atoms with Crippen LogP contribution in [-0.2, 0) is 0 Å². The minimum absolute atomic E-state index is 0.0263. The molecule has 0 aromatic carbocycles. The minimum atomic E-state index is -0.196. The molecule has 18 heavy (non-hydrogen) atoms. The molecule has 0 amide bonds. The van der Waals surface area contributed by atoms with Crippen molar-refractivity contribution in [3.63, 3.8) is 0 Å². The molecule has 0 heterocycles. The number of rotatable bonds is 6. The Kier molecular flexibility index (Phi) is 7.03. The molecule has 2 nitrogen and oxygen atoms in total. The molecule has 0 aromatic heterocycles. The average molecular weight is 272 g/mol. The van der Waals surface area contributed by atoms with Crippen molar-refractivity contribution in [3.8, 4) is 0 Å². The van der Waals surface area contributed by atoms with E-state index in [0.29, 0.717) is 5.66 Å². The summed E-state index contributed by atoms with van der Waals surface area (Å²) in [6.07, 6.45) is 2.21. The van der Waals surface area contributed by atoms with Gasteiger partial charge in [-0.2, -0.15) is 0 Å². The van der Waals surface area contributed by atoms with Crippen LogP contribution < -0.4 is 0 Å². The Morgan fingerprint density at radius 1 is 1.06 bits per heavy atom. The average Bonchev–Trinajstić information content (AvgIpc) is 2.21. The van der Waals surface area contributed by atoms with E-state index in [9.17, 15) is 0 Å². The van der Waals surface area contributed by atoms with Crippen molar-refractivity contribution in [3.05, 3.63) is 0 Å². The van der Waals surface area contributed by atoms with Crippen molar-refractivity contribution >= 4 is 14.3 Å². The molecule has 0 aromatic rings. The van der Waals surface area contributed by atoms with E-state index in [0.717, 1.165) is 13.1 Å². The first-order chi connectivity index (χ1) is 8.05. The van der Waals surface area contributed by atoms with Gasteiger partial charge in [-0.05, 0) is 61.4 Å². The van der Waals surface area contributed by atoms with Gasteiger partial charge in [0.05, 0.1) is 5.54 Å². The lowest BCUT2D eigenvalue weighted by Gasteiger charge is -2.42. The van der Waals surface area contributed by atoms with Crippen LogP contribution in [0.25, 0.3) is 0 Å². The van der Waals surface area contributed by atoms with E-state index in [1.807, 2.05) is 0 Å². The minimum Gasteiger partial charge on any atom is -0.291 e.